The minimum atomic E-state index is -0.324. The lowest BCUT2D eigenvalue weighted by Gasteiger charge is -2.17. The van der Waals surface area contributed by atoms with Gasteiger partial charge in [0.15, 0.2) is 5.82 Å². The Morgan fingerprint density at radius 1 is 1.15 bits per heavy atom. The van der Waals surface area contributed by atoms with E-state index >= 15 is 0 Å². The summed E-state index contributed by atoms with van der Waals surface area (Å²) in [7, 11) is 0. The molecule has 0 aliphatic rings. The number of benzene rings is 1. The van der Waals surface area contributed by atoms with E-state index in [1.807, 2.05) is 69.5 Å². The number of rotatable bonds is 5. The van der Waals surface area contributed by atoms with E-state index in [9.17, 15) is 4.79 Å². The maximum absolute atomic E-state index is 12.6. The Bertz CT molecular complexity index is 941. The Labute approximate surface area is 158 Å². The predicted octanol–water partition coefficient (Wildman–Crippen LogP) is 3.54. The maximum Gasteiger partial charge on any atom is 0.320 e. The van der Waals surface area contributed by atoms with Crippen LogP contribution in [0.3, 0.4) is 0 Å². The van der Waals surface area contributed by atoms with Gasteiger partial charge in [-0.2, -0.15) is 5.10 Å². The predicted molar refractivity (Wildman–Crippen MR) is 104 cm³/mol. The van der Waals surface area contributed by atoms with Crippen LogP contribution in [-0.2, 0) is 0 Å². The first-order valence-corrected chi connectivity index (χ1v) is 8.96. The number of aryl methyl sites for hydroxylation is 2. The van der Waals surface area contributed by atoms with E-state index in [-0.39, 0.29) is 18.1 Å². The molecule has 3 aromatic rings. The molecule has 27 heavy (non-hydrogen) atoms. The fourth-order valence-electron chi connectivity index (χ4n) is 2.95. The van der Waals surface area contributed by atoms with Gasteiger partial charge in [0.05, 0.1) is 17.4 Å². The van der Waals surface area contributed by atoms with E-state index in [0.29, 0.717) is 11.6 Å². The Balaban J connectivity index is 1.77. The summed E-state index contributed by atoms with van der Waals surface area (Å²) in [5.74, 6) is 1.32. The number of para-hydroxylation sites is 1. The Hall–Kier alpha value is -3.16. The number of carbonyl (C=O) groups is 1. The molecule has 0 aliphatic carbocycles. The van der Waals surface area contributed by atoms with Crippen molar-refractivity contribution in [3.63, 3.8) is 0 Å². The summed E-state index contributed by atoms with van der Waals surface area (Å²) in [4.78, 5) is 12.6. The van der Waals surface area contributed by atoms with Crippen LogP contribution in [0.1, 0.15) is 49.9 Å². The number of anilines is 1. The van der Waals surface area contributed by atoms with Gasteiger partial charge in [-0.25, -0.2) is 9.48 Å². The molecule has 0 spiro atoms. The minimum Gasteiger partial charge on any atom is -0.328 e. The third-order valence-electron chi connectivity index (χ3n) is 4.31. The van der Waals surface area contributed by atoms with Crippen LogP contribution in [0.4, 0.5) is 10.6 Å². The number of urea groups is 1. The molecule has 1 atom stereocenters. The molecule has 0 saturated carbocycles. The van der Waals surface area contributed by atoms with Crippen molar-refractivity contribution in [1.82, 2.24) is 29.9 Å². The highest BCUT2D eigenvalue weighted by Gasteiger charge is 2.18. The first-order chi connectivity index (χ1) is 12.9. The zero-order chi connectivity index (χ0) is 19.6. The van der Waals surface area contributed by atoms with Gasteiger partial charge in [-0.3, -0.25) is 5.32 Å². The first kappa shape index (κ1) is 18.6. The van der Waals surface area contributed by atoms with Crippen LogP contribution in [0.25, 0.3) is 5.69 Å². The molecule has 0 aliphatic heterocycles. The highest BCUT2D eigenvalue weighted by Crippen LogP contribution is 2.20. The standard InChI is InChI=1S/C19H25N7O/c1-12(2)25-11-20-23-18(25)15(5)21-19(27)22-17-10-14(4)24-26(17)16-9-7-6-8-13(16)3/h6-12,15H,1-5H3,(H2,21,22,27)/t15-/m1/s1. The quantitative estimate of drug-likeness (QED) is 0.722. The van der Waals surface area contributed by atoms with Crippen molar-refractivity contribution in [3.8, 4) is 5.69 Å². The number of hydrogen-bond acceptors (Lipinski definition) is 4. The molecule has 2 N–H and O–H groups in total. The molecule has 0 unspecified atom stereocenters. The normalized spacial score (nSPS) is 12.2. The van der Waals surface area contributed by atoms with Crippen LogP contribution >= 0.6 is 0 Å². The zero-order valence-electron chi connectivity index (χ0n) is 16.3. The maximum atomic E-state index is 12.6. The average Bonchev–Trinajstić information content (AvgIpc) is 3.22. The highest BCUT2D eigenvalue weighted by atomic mass is 16.2. The zero-order valence-corrected chi connectivity index (χ0v) is 16.3. The van der Waals surface area contributed by atoms with Gasteiger partial charge in [-0.05, 0) is 46.2 Å². The lowest BCUT2D eigenvalue weighted by Crippen LogP contribution is -2.33. The molecule has 1 aromatic carbocycles. The summed E-state index contributed by atoms with van der Waals surface area (Å²) < 4.78 is 3.68. The van der Waals surface area contributed by atoms with E-state index in [4.69, 9.17) is 0 Å². The molecule has 8 nitrogen and oxygen atoms in total. The summed E-state index contributed by atoms with van der Waals surface area (Å²) in [5.41, 5.74) is 2.82. The summed E-state index contributed by atoms with van der Waals surface area (Å²) in [6.45, 7) is 9.88. The van der Waals surface area contributed by atoms with Crippen LogP contribution < -0.4 is 10.6 Å². The number of nitrogens with zero attached hydrogens (tertiary/aromatic N) is 5. The van der Waals surface area contributed by atoms with Gasteiger partial charge in [-0.15, -0.1) is 10.2 Å². The lowest BCUT2D eigenvalue weighted by molar-refractivity contribution is 0.248. The van der Waals surface area contributed by atoms with Crippen molar-refractivity contribution in [1.29, 1.82) is 0 Å². The molecule has 0 saturated heterocycles. The van der Waals surface area contributed by atoms with Crippen molar-refractivity contribution in [2.45, 2.75) is 46.7 Å². The average molecular weight is 367 g/mol. The summed E-state index contributed by atoms with van der Waals surface area (Å²) in [5, 5.41) is 18.4. The molecular weight excluding hydrogens is 342 g/mol. The largest absolute Gasteiger partial charge is 0.328 e. The minimum absolute atomic E-state index is 0.215. The fraction of sp³-hybridized carbons (Fsp3) is 0.368. The number of hydrogen-bond donors (Lipinski definition) is 2. The van der Waals surface area contributed by atoms with Crippen molar-refractivity contribution in [3.05, 3.63) is 53.7 Å². The third-order valence-corrected chi connectivity index (χ3v) is 4.31. The van der Waals surface area contributed by atoms with E-state index in [1.54, 1.807) is 11.0 Å². The van der Waals surface area contributed by atoms with Gasteiger partial charge in [0.25, 0.3) is 0 Å². The van der Waals surface area contributed by atoms with Crippen LogP contribution in [0.15, 0.2) is 36.7 Å². The molecule has 0 radical (unpaired) electrons. The Kier molecular flexibility index (Phi) is 5.25. The molecule has 2 heterocycles. The summed E-state index contributed by atoms with van der Waals surface area (Å²) >= 11 is 0. The number of carbonyl (C=O) groups excluding carboxylic acids is 1. The number of nitrogens with one attached hydrogen (secondary N) is 2. The molecule has 2 aromatic heterocycles. The van der Waals surface area contributed by atoms with Crippen molar-refractivity contribution in [2.24, 2.45) is 0 Å². The second-order valence-corrected chi connectivity index (χ2v) is 6.88. The van der Waals surface area contributed by atoms with Gasteiger partial charge in [0, 0.05) is 12.1 Å². The van der Waals surface area contributed by atoms with Gasteiger partial charge in [-0.1, -0.05) is 18.2 Å². The smallest absolute Gasteiger partial charge is 0.320 e. The number of aromatic nitrogens is 5. The first-order valence-electron chi connectivity index (χ1n) is 8.96. The van der Waals surface area contributed by atoms with Crippen molar-refractivity contribution >= 4 is 11.8 Å². The van der Waals surface area contributed by atoms with Crippen LogP contribution in [0, 0.1) is 13.8 Å². The van der Waals surface area contributed by atoms with E-state index in [2.05, 4.69) is 25.9 Å². The molecule has 8 heteroatoms. The Morgan fingerprint density at radius 3 is 2.59 bits per heavy atom. The SMILES string of the molecule is Cc1cc(NC(=O)N[C@H](C)c2nncn2C(C)C)n(-c2ccccc2C)n1. The van der Waals surface area contributed by atoms with Gasteiger partial charge in [0.1, 0.15) is 12.1 Å². The fourth-order valence-corrected chi connectivity index (χ4v) is 2.95. The highest BCUT2D eigenvalue weighted by molar-refractivity contribution is 5.89. The topological polar surface area (TPSA) is 89.7 Å². The second kappa shape index (κ2) is 7.61. The molecule has 2 amide bonds. The van der Waals surface area contributed by atoms with E-state index < -0.39 is 0 Å². The summed E-state index contributed by atoms with van der Waals surface area (Å²) in [6, 6.07) is 9.35. The van der Waals surface area contributed by atoms with Crippen LogP contribution in [-0.4, -0.2) is 30.6 Å². The summed E-state index contributed by atoms with van der Waals surface area (Å²) in [6.07, 6.45) is 1.67. The molecule has 0 fully saturated rings. The third kappa shape index (κ3) is 3.99. The van der Waals surface area contributed by atoms with Gasteiger partial charge >= 0.3 is 6.03 Å². The van der Waals surface area contributed by atoms with Gasteiger partial charge in [0.2, 0.25) is 0 Å². The Morgan fingerprint density at radius 2 is 1.89 bits per heavy atom. The molecular formula is C19H25N7O. The number of amides is 2. The molecule has 0 bridgehead atoms. The van der Waals surface area contributed by atoms with E-state index in [1.165, 1.54) is 0 Å². The van der Waals surface area contributed by atoms with Crippen LogP contribution in [0.5, 0.6) is 0 Å². The van der Waals surface area contributed by atoms with E-state index in [0.717, 1.165) is 16.9 Å². The molecule has 3 rings (SSSR count). The monoisotopic (exact) mass is 367 g/mol. The molecule has 142 valence electrons. The lowest BCUT2D eigenvalue weighted by atomic mass is 10.2. The van der Waals surface area contributed by atoms with Crippen molar-refractivity contribution < 1.29 is 4.79 Å². The second-order valence-electron chi connectivity index (χ2n) is 6.88. The van der Waals surface area contributed by atoms with Crippen LogP contribution in [0.2, 0.25) is 0 Å². The van der Waals surface area contributed by atoms with Gasteiger partial charge < -0.3 is 9.88 Å². The van der Waals surface area contributed by atoms with Crippen molar-refractivity contribution in [2.75, 3.05) is 5.32 Å².